The average Bonchev–Trinajstić information content (AvgIpc) is 2.96. The normalized spacial score (nSPS) is 17.6. The van der Waals surface area contributed by atoms with Gasteiger partial charge in [-0.2, -0.15) is 5.10 Å². The van der Waals surface area contributed by atoms with Crippen molar-refractivity contribution in [1.29, 1.82) is 0 Å². The quantitative estimate of drug-likeness (QED) is 0.694. The van der Waals surface area contributed by atoms with Gasteiger partial charge in [0.05, 0.1) is 6.20 Å². The predicted octanol–water partition coefficient (Wildman–Crippen LogP) is 2.43. The number of aromatic amines is 1. The van der Waals surface area contributed by atoms with Gasteiger partial charge >= 0.3 is 0 Å². The van der Waals surface area contributed by atoms with E-state index in [9.17, 15) is 0 Å². The lowest BCUT2D eigenvalue weighted by Crippen LogP contribution is -2.27. The molecule has 0 amide bonds. The minimum absolute atomic E-state index is 0.693. The van der Waals surface area contributed by atoms with Crippen molar-refractivity contribution in [3.63, 3.8) is 0 Å². The molecule has 1 unspecified atom stereocenters. The van der Waals surface area contributed by atoms with Crippen LogP contribution in [-0.4, -0.2) is 22.8 Å². The second-order valence-electron chi connectivity index (χ2n) is 5.16. The molecule has 0 radical (unpaired) electrons. The standard InChI is InChI=1S/C13H23N3/c1-10(8-12-5-6-12)14-7-3-4-13-9-15-16-11(13)2/h9-10,12,14H,3-8H2,1-2H3,(H,15,16). The first-order valence-electron chi connectivity index (χ1n) is 6.48. The van der Waals surface area contributed by atoms with E-state index in [1.807, 2.05) is 6.20 Å². The van der Waals surface area contributed by atoms with E-state index in [-0.39, 0.29) is 0 Å². The van der Waals surface area contributed by atoms with Gasteiger partial charge in [-0.25, -0.2) is 0 Å². The molecule has 1 aliphatic carbocycles. The zero-order chi connectivity index (χ0) is 11.4. The Bertz CT molecular complexity index is 315. The lowest BCUT2D eigenvalue weighted by molar-refractivity contribution is 0.482. The first kappa shape index (κ1) is 11.6. The van der Waals surface area contributed by atoms with Crippen molar-refractivity contribution in [2.75, 3.05) is 6.54 Å². The molecule has 0 bridgehead atoms. The van der Waals surface area contributed by atoms with Gasteiger partial charge < -0.3 is 5.32 Å². The van der Waals surface area contributed by atoms with E-state index in [0.29, 0.717) is 6.04 Å². The molecule has 0 saturated heterocycles. The molecule has 16 heavy (non-hydrogen) atoms. The van der Waals surface area contributed by atoms with Crippen LogP contribution in [0.3, 0.4) is 0 Å². The second kappa shape index (κ2) is 5.48. The van der Waals surface area contributed by atoms with Crippen molar-refractivity contribution in [2.24, 2.45) is 5.92 Å². The summed E-state index contributed by atoms with van der Waals surface area (Å²) in [5, 5.41) is 10.6. The summed E-state index contributed by atoms with van der Waals surface area (Å²) in [6.07, 6.45) is 8.56. The second-order valence-corrected chi connectivity index (χ2v) is 5.16. The highest BCUT2D eigenvalue weighted by Crippen LogP contribution is 2.33. The molecule has 2 rings (SSSR count). The first-order chi connectivity index (χ1) is 7.75. The molecule has 1 aromatic rings. The lowest BCUT2D eigenvalue weighted by atomic mass is 10.1. The predicted molar refractivity (Wildman–Crippen MR) is 66.5 cm³/mol. The number of hydrogen-bond donors (Lipinski definition) is 2. The molecule has 3 heteroatoms. The molecule has 1 aromatic heterocycles. The summed E-state index contributed by atoms with van der Waals surface area (Å²) in [6.45, 7) is 5.52. The monoisotopic (exact) mass is 221 g/mol. The Kier molecular flexibility index (Phi) is 3.99. The highest BCUT2D eigenvalue weighted by Gasteiger charge is 2.22. The Morgan fingerprint density at radius 2 is 2.38 bits per heavy atom. The van der Waals surface area contributed by atoms with Gasteiger partial charge in [0.2, 0.25) is 0 Å². The Balaban J connectivity index is 1.55. The van der Waals surface area contributed by atoms with Crippen molar-refractivity contribution in [3.05, 3.63) is 17.5 Å². The van der Waals surface area contributed by atoms with Gasteiger partial charge in [-0.1, -0.05) is 12.8 Å². The van der Waals surface area contributed by atoms with Gasteiger partial charge in [0.25, 0.3) is 0 Å². The van der Waals surface area contributed by atoms with Crippen LogP contribution in [-0.2, 0) is 6.42 Å². The number of aryl methyl sites for hydroxylation is 2. The molecule has 0 aromatic carbocycles. The van der Waals surface area contributed by atoms with Gasteiger partial charge in [-0.3, -0.25) is 5.10 Å². The molecule has 1 heterocycles. The van der Waals surface area contributed by atoms with Crippen molar-refractivity contribution in [2.45, 2.75) is 52.0 Å². The average molecular weight is 221 g/mol. The van der Waals surface area contributed by atoms with E-state index < -0.39 is 0 Å². The molecule has 2 N–H and O–H groups in total. The molecule has 90 valence electrons. The van der Waals surface area contributed by atoms with E-state index >= 15 is 0 Å². The Morgan fingerprint density at radius 1 is 1.56 bits per heavy atom. The van der Waals surface area contributed by atoms with Gasteiger partial charge in [-0.05, 0) is 51.1 Å². The van der Waals surface area contributed by atoms with Gasteiger partial charge in [0, 0.05) is 11.7 Å². The van der Waals surface area contributed by atoms with Crippen LogP contribution in [0.1, 0.15) is 43.9 Å². The summed E-state index contributed by atoms with van der Waals surface area (Å²) in [6, 6.07) is 0.693. The zero-order valence-corrected chi connectivity index (χ0v) is 10.4. The minimum Gasteiger partial charge on any atom is -0.314 e. The fourth-order valence-electron chi connectivity index (χ4n) is 2.19. The van der Waals surface area contributed by atoms with E-state index in [1.165, 1.54) is 36.9 Å². The number of rotatable bonds is 7. The molecule has 0 spiro atoms. The molecule has 0 aliphatic heterocycles. The van der Waals surface area contributed by atoms with E-state index in [4.69, 9.17) is 0 Å². The van der Waals surface area contributed by atoms with Crippen LogP contribution in [0.5, 0.6) is 0 Å². The maximum absolute atomic E-state index is 4.04. The SMILES string of the molecule is Cc1[nH]ncc1CCCNC(C)CC1CC1. The van der Waals surface area contributed by atoms with Crippen LogP contribution in [0.25, 0.3) is 0 Å². The van der Waals surface area contributed by atoms with E-state index in [0.717, 1.165) is 18.9 Å². The van der Waals surface area contributed by atoms with Crippen LogP contribution in [0.4, 0.5) is 0 Å². The van der Waals surface area contributed by atoms with Crippen LogP contribution >= 0.6 is 0 Å². The molecule has 1 aliphatic rings. The highest BCUT2D eigenvalue weighted by molar-refractivity contribution is 5.14. The smallest absolute Gasteiger partial charge is 0.0522 e. The summed E-state index contributed by atoms with van der Waals surface area (Å²) < 4.78 is 0. The van der Waals surface area contributed by atoms with Gasteiger partial charge in [0.1, 0.15) is 0 Å². The van der Waals surface area contributed by atoms with Gasteiger partial charge in [0.15, 0.2) is 0 Å². The zero-order valence-electron chi connectivity index (χ0n) is 10.4. The highest BCUT2D eigenvalue weighted by atomic mass is 15.1. The summed E-state index contributed by atoms with van der Waals surface area (Å²) in [5.74, 6) is 1.03. The topological polar surface area (TPSA) is 40.7 Å². The summed E-state index contributed by atoms with van der Waals surface area (Å²) >= 11 is 0. The van der Waals surface area contributed by atoms with Crippen LogP contribution in [0, 0.1) is 12.8 Å². The first-order valence-corrected chi connectivity index (χ1v) is 6.48. The molecular weight excluding hydrogens is 198 g/mol. The van der Waals surface area contributed by atoms with Crippen molar-refractivity contribution < 1.29 is 0 Å². The molecular formula is C13H23N3. The van der Waals surface area contributed by atoms with Crippen LogP contribution < -0.4 is 5.32 Å². The van der Waals surface area contributed by atoms with Crippen LogP contribution in [0.15, 0.2) is 6.20 Å². The van der Waals surface area contributed by atoms with Crippen molar-refractivity contribution in [1.82, 2.24) is 15.5 Å². The summed E-state index contributed by atoms with van der Waals surface area (Å²) in [7, 11) is 0. The largest absolute Gasteiger partial charge is 0.314 e. The Labute approximate surface area is 98.0 Å². The molecule has 1 atom stereocenters. The molecule has 1 fully saturated rings. The van der Waals surface area contributed by atoms with Gasteiger partial charge in [-0.15, -0.1) is 0 Å². The van der Waals surface area contributed by atoms with Crippen LogP contribution in [0.2, 0.25) is 0 Å². The fourth-order valence-corrected chi connectivity index (χ4v) is 2.19. The molecule has 3 nitrogen and oxygen atoms in total. The fraction of sp³-hybridized carbons (Fsp3) is 0.769. The number of H-pyrrole nitrogens is 1. The number of nitrogens with zero attached hydrogens (tertiary/aromatic N) is 1. The third-order valence-corrected chi connectivity index (χ3v) is 3.43. The third-order valence-electron chi connectivity index (χ3n) is 3.43. The maximum atomic E-state index is 4.04. The Morgan fingerprint density at radius 3 is 3.00 bits per heavy atom. The van der Waals surface area contributed by atoms with E-state index in [1.54, 1.807) is 0 Å². The third kappa shape index (κ3) is 3.63. The summed E-state index contributed by atoms with van der Waals surface area (Å²) in [4.78, 5) is 0. The van der Waals surface area contributed by atoms with Crippen molar-refractivity contribution >= 4 is 0 Å². The Hall–Kier alpha value is -0.830. The number of hydrogen-bond acceptors (Lipinski definition) is 2. The summed E-state index contributed by atoms with van der Waals surface area (Å²) in [5.41, 5.74) is 2.57. The molecule has 1 saturated carbocycles. The van der Waals surface area contributed by atoms with E-state index in [2.05, 4.69) is 29.4 Å². The lowest BCUT2D eigenvalue weighted by Gasteiger charge is -2.12. The minimum atomic E-state index is 0.693. The van der Waals surface area contributed by atoms with Crippen molar-refractivity contribution in [3.8, 4) is 0 Å². The number of nitrogens with one attached hydrogen (secondary N) is 2. The number of aromatic nitrogens is 2. The maximum Gasteiger partial charge on any atom is 0.0522 e.